The van der Waals surface area contributed by atoms with Crippen LogP contribution < -0.4 is 14.8 Å². The molecular weight excluding hydrogens is 336 g/mol. The molecule has 0 radical (unpaired) electrons. The van der Waals surface area contributed by atoms with Crippen molar-refractivity contribution in [3.8, 4) is 11.5 Å². The van der Waals surface area contributed by atoms with Crippen LogP contribution >= 0.6 is 12.2 Å². The molecule has 0 aliphatic heterocycles. The van der Waals surface area contributed by atoms with Crippen LogP contribution in [0, 0.1) is 10.6 Å². The topological polar surface area (TPSA) is 63.3 Å². The summed E-state index contributed by atoms with van der Waals surface area (Å²) in [4.78, 5) is 15.1. The van der Waals surface area contributed by atoms with Gasteiger partial charge in [-0.1, -0.05) is 32.1 Å². The molecule has 1 amide bonds. The van der Waals surface area contributed by atoms with Crippen LogP contribution in [0.4, 0.5) is 0 Å². The molecule has 1 heterocycles. The quantitative estimate of drug-likeness (QED) is 0.696. The second-order valence-electron chi connectivity index (χ2n) is 6.11. The van der Waals surface area contributed by atoms with E-state index in [1.165, 1.54) is 0 Å². The first-order chi connectivity index (χ1) is 12.0. The maximum atomic E-state index is 12.2. The predicted octanol–water partition coefficient (Wildman–Crippen LogP) is 4.11. The van der Waals surface area contributed by atoms with Crippen molar-refractivity contribution in [3.63, 3.8) is 0 Å². The van der Waals surface area contributed by atoms with E-state index in [1.54, 1.807) is 25.4 Å². The summed E-state index contributed by atoms with van der Waals surface area (Å²) in [5, 5.41) is 2.86. The molecule has 0 bridgehead atoms. The Labute approximate surface area is 153 Å². The van der Waals surface area contributed by atoms with Gasteiger partial charge in [-0.15, -0.1) is 0 Å². The largest absolute Gasteiger partial charge is 0.493 e. The van der Waals surface area contributed by atoms with E-state index in [2.05, 4.69) is 24.1 Å². The second kappa shape index (κ2) is 9.22. The summed E-state index contributed by atoms with van der Waals surface area (Å²) < 4.78 is 11.6. The van der Waals surface area contributed by atoms with Gasteiger partial charge in [-0.05, 0) is 42.2 Å². The number of nitrogens with one attached hydrogen (secondary N) is 2. The molecule has 0 atom stereocenters. The molecular formula is C19H24N2O3S. The Morgan fingerprint density at radius 1 is 1.28 bits per heavy atom. The van der Waals surface area contributed by atoms with Gasteiger partial charge in [-0.2, -0.15) is 0 Å². The molecule has 2 aromatic rings. The Balaban J connectivity index is 1.99. The summed E-state index contributed by atoms with van der Waals surface area (Å²) in [6.45, 7) is 5.34. The number of carbonyl (C=O) groups is 1. The maximum Gasteiger partial charge on any atom is 0.254 e. The second-order valence-corrected chi connectivity index (χ2v) is 6.52. The van der Waals surface area contributed by atoms with Crippen LogP contribution in [-0.2, 0) is 6.54 Å². The van der Waals surface area contributed by atoms with Crippen molar-refractivity contribution in [1.29, 1.82) is 0 Å². The van der Waals surface area contributed by atoms with E-state index in [9.17, 15) is 4.79 Å². The van der Waals surface area contributed by atoms with Crippen LogP contribution in [0.1, 0.15) is 36.2 Å². The summed E-state index contributed by atoms with van der Waals surface area (Å²) in [6, 6.07) is 9.10. The van der Waals surface area contributed by atoms with Crippen LogP contribution in [0.3, 0.4) is 0 Å². The van der Waals surface area contributed by atoms with Crippen LogP contribution in [0.5, 0.6) is 11.5 Å². The molecule has 0 spiro atoms. The molecule has 1 aromatic carbocycles. The third kappa shape index (κ3) is 5.60. The minimum absolute atomic E-state index is 0.210. The fourth-order valence-corrected chi connectivity index (χ4v) is 2.45. The lowest BCUT2D eigenvalue weighted by Gasteiger charge is -2.13. The van der Waals surface area contributed by atoms with Gasteiger partial charge in [0.25, 0.3) is 5.91 Å². The lowest BCUT2D eigenvalue weighted by Crippen LogP contribution is -2.23. The van der Waals surface area contributed by atoms with Gasteiger partial charge in [0.15, 0.2) is 11.5 Å². The zero-order chi connectivity index (χ0) is 18.2. The molecule has 0 fully saturated rings. The van der Waals surface area contributed by atoms with Crippen LogP contribution in [0.2, 0.25) is 0 Å². The van der Waals surface area contributed by atoms with Gasteiger partial charge < -0.3 is 19.8 Å². The highest BCUT2D eigenvalue weighted by molar-refractivity contribution is 7.71. The number of pyridine rings is 1. The normalized spacial score (nSPS) is 10.6. The number of ether oxygens (including phenoxy) is 2. The van der Waals surface area contributed by atoms with E-state index < -0.39 is 0 Å². The van der Waals surface area contributed by atoms with Crippen molar-refractivity contribution < 1.29 is 14.3 Å². The Kier molecular flexibility index (Phi) is 7.01. The van der Waals surface area contributed by atoms with Crippen LogP contribution in [0.25, 0.3) is 0 Å². The highest BCUT2D eigenvalue weighted by Crippen LogP contribution is 2.28. The molecule has 0 saturated heterocycles. The number of rotatable bonds is 8. The van der Waals surface area contributed by atoms with E-state index in [0.29, 0.717) is 40.8 Å². The average molecular weight is 360 g/mol. The molecule has 25 heavy (non-hydrogen) atoms. The molecule has 5 nitrogen and oxygen atoms in total. The van der Waals surface area contributed by atoms with Gasteiger partial charge in [0.2, 0.25) is 0 Å². The lowest BCUT2D eigenvalue weighted by molar-refractivity contribution is 0.0950. The van der Waals surface area contributed by atoms with E-state index in [1.807, 2.05) is 18.2 Å². The molecule has 134 valence electrons. The summed E-state index contributed by atoms with van der Waals surface area (Å²) in [6.07, 6.45) is 2.68. The third-order valence-corrected chi connectivity index (χ3v) is 4.03. The van der Waals surface area contributed by atoms with Gasteiger partial charge in [-0.25, -0.2) is 0 Å². The standard InChI is InChI=1S/C19H24N2O3S/c1-13(2)8-10-24-16-7-6-14(11-17(16)23-3)12-21-18(22)15-5-4-9-20-19(15)25/h4-7,9,11,13H,8,10,12H2,1-3H3,(H,20,25)(H,21,22). The van der Waals surface area contributed by atoms with Gasteiger partial charge >= 0.3 is 0 Å². The van der Waals surface area contributed by atoms with Crippen LogP contribution in [0.15, 0.2) is 36.5 Å². The Morgan fingerprint density at radius 3 is 2.76 bits per heavy atom. The first-order valence-corrected chi connectivity index (χ1v) is 8.67. The minimum Gasteiger partial charge on any atom is -0.493 e. The number of aromatic nitrogens is 1. The summed E-state index contributed by atoms with van der Waals surface area (Å²) in [5.74, 6) is 1.75. The summed E-state index contributed by atoms with van der Waals surface area (Å²) in [7, 11) is 1.61. The molecule has 6 heteroatoms. The number of methoxy groups -OCH3 is 1. The summed E-state index contributed by atoms with van der Waals surface area (Å²) in [5.41, 5.74) is 1.38. The van der Waals surface area contributed by atoms with E-state index in [4.69, 9.17) is 21.7 Å². The highest BCUT2D eigenvalue weighted by Gasteiger charge is 2.09. The van der Waals surface area contributed by atoms with E-state index in [-0.39, 0.29) is 5.91 Å². The SMILES string of the molecule is COc1cc(CNC(=O)c2ccc[nH]c2=S)ccc1OCCC(C)C. The number of aromatic amines is 1. The number of hydrogen-bond acceptors (Lipinski definition) is 4. The molecule has 0 saturated carbocycles. The number of carbonyl (C=O) groups excluding carboxylic acids is 1. The van der Waals surface area contributed by atoms with Crippen molar-refractivity contribution in [2.45, 2.75) is 26.8 Å². The number of hydrogen-bond donors (Lipinski definition) is 2. The lowest BCUT2D eigenvalue weighted by atomic mass is 10.1. The van der Waals surface area contributed by atoms with Gasteiger partial charge in [0, 0.05) is 12.7 Å². The van der Waals surface area contributed by atoms with E-state index >= 15 is 0 Å². The molecule has 0 aliphatic carbocycles. The molecule has 2 N–H and O–H groups in total. The van der Waals surface area contributed by atoms with Gasteiger partial charge in [-0.3, -0.25) is 4.79 Å². The Morgan fingerprint density at radius 2 is 2.08 bits per heavy atom. The molecule has 2 rings (SSSR count). The first-order valence-electron chi connectivity index (χ1n) is 8.27. The molecule has 1 aromatic heterocycles. The third-order valence-electron chi connectivity index (χ3n) is 3.70. The Bertz CT molecular complexity index is 771. The fourth-order valence-electron chi connectivity index (χ4n) is 2.22. The molecule has 0 aliphatic rings. The number of amides is 1. The van der Waals surface area contributed by atoms with Crippen molar-refractivity contribution in [2.24, 2.45) is 5.92 Å². The monoisotopic (exact) mass is 360 g/mol. The van der Waals surface area contributed by atoms with E-state index in [0.717, 1.165) is 12.0 Å². The summed E-state index contributed by atoms with van der Waals surface area (Å²) >= 11 is 5.12. The number of H-pyrrole nitrogens is 1. The first kappa shape index (κ1) is 19.0. The van der Waals surface area contributed by atoms with Gasteiger partial charge in [0.05, 0.1) is 19.3 Å². The zero-order valence-corrected chi connectivity index (χ0v) is 15.6. The molecule has 0 unspecified atom stereocenters. The van der Waals surface area contributed by atoms with Gasteiger partial charge in [0.1, 0.15) is 4.64 Å². The maximum absolute atomic E-state index is 12.2. The zero-order valence-electron chi connectivity index (χ0n) is 14.8. The van der Waals surface area contributed by atoms with Crippen LogP contribution in [-0.4, -0.2) is 24.6 Å². The smallest absolute Gasteiger partial charge is 0.254 e. The van der Waals surface area contributed by atoms with Crippen molar-refractivity contribution in [3.05, 3.63) is 52.3 Å². The Hall–Kier alpha value is -2.34. The predicted molar refractivity (Wildman–Crippen MR) is 101 cm³/mol. The number of benzene rings is 1. The average Bonchev–Trinajstić information content (AvgIpc) is 2.60. The fraction of sp³-hybridized carbons (Fsp3) is 0.368. The van der Waals surface area contributed by atoms with Crippen molar-refractivity contribution in [1.82, 2.24) is 10.3 Å². The van der Waals surface area contributed by atoms with Crippen molar-refractivity contribution in [2.75, 3.05) is 13.7 Å². The highest BCUT2D eigenvalue weighted by atomic mass is 32.1. The minimum atomic E-state index is -0.210. The van der Waals surface area contributed by atoms with Crippen molar-refractivity contribution >= 4 is 18.1 Å².